The minimum Gasteiger partial charge on any atom is -0.495 e. The van der Waals surface area contributed by atoms with Crippen molar-refractivity contribution in [2.24, 2.45) is 0 Å². The van der Waals surface area contributed by atoms with Crippen LogP contribution in [0.25, 0.3) is 0 Å². The molecule has 0 saturated heterocycles. The summed E-state index contributed by atoms with van der Waals surface area (Å²) in [6.07, 6.45) is 3.57. The number of aryl methyl sites for hydroxylation is 2. The molecule has 2 heterocycles. The minimum absolute atomic E-state index is 0.485. The molecule has 1 aromatic carbocycles. The molecule has 7 heteroatoms. The number of pyridine rings is 1. The number of hydrogen-bond donors (Lipinski definition) is 2. The summed E-state index contributed by atoms with van der Waals surface area (Å²) in [4.78, 5) is 13.1. The second kappa shape index (κ2) is 8.01. The van der Waals surface area contributed by atoms with Crippen molar-refractivity contribution >= 4 is 29.1 Å². The van der Waals surface area contributed by atoms with E-state index in [4.69, 9.17) is 16.3 Å². The van der Waals surface area contributed by atoms with E-state index in [-0.39, 0.29) is 0 Å². The smallest absolute Gasteiger partial charge is 0.229 e. The highest BCUT2D eigenvalue weighted by Crippen LogP contribution is 2.32. The summed E-state index contributed by atoms with van der Waals surface area (Å²) in [6.45, 7) is 4.49. The van der Waals surface area contributed by atoms with Gasteiger partial charge in [-0.3, -0.25) is 4.98 Å². The van der Waals surface area contributed by atoms with E-state index in [1.807, 2.05) is 44.3 Å². The van der Waals surface area contributed by atoms with Crippen molar-refractivity contribution in [2.45, 2.75) is 20.4 Å². The normalized spacial score (nSPS) is 10.5. The van der Waals surface area contributed by atoms with Crippen LogP contribution < -0.4 is 15.4 Å². The van der Waals surface area contributed by atoms with E-state index in [9.17, 15) is 0 Å². The first-order valence-electron chi connectivity index (χ1n) is 8.15. The van der Waals surface area contributed by atoms with Gasteiger partial charge >= 0.3 is 0 Å². The Balaban J connectivity index is 1.81. The van der Waals surface area contributed by atoms with Gasteiger partial charge in [-0.25, -0.2) is 4.98 Å². The van der Waals surface area contributed by atoms with Crippen molar-refractivity contribution in [1.29, 1.82) is 0 Å². The van der Waals surface area contributed by atoms with Crippen molar-refractivity contribution in [3.63, 3.8) is 0 Å². The van der Waals surface area contributed by atoms with Gasteiger partial charge in [-0.15, -0.1) is 0 Å². The zero-order valence-electron chi connectivity index (χ0n) is 14.9. The third kappa shape index (κ3) is 4.40. The Kier molecular flexibility index (Phi) is 5.53. The maximum atomic E-state index is 6.16. The van der Waals surface area contributed by atoms with Crippen LogP contribution in [0, 0.1) is 13.8 Å². The first-order valence-corrected chi connectivity index (χ1v) is 8.52. The fourth-order valence-electron chi connectivity index (χ4n) is 2.46. The lowest BCUT2D eigenvalue weighted by atomic mass is 10.2. The number of nitrogens with one attached hydrogen (secondary N) is 2. The lowest BCUT2D eigenvalue weighted by molar-refractivity contribution is 0.416. The summed E-state index contributed by atoms with van der Waals surface area (Å²) in [5.74, 6) is 1.85. The average molecular weight is 370 g/mol. The average Bonchev–Trinajstić information content (AvgIpc) is 2.63. The van der Waals surface area contributed by atoms with Gasteiger partial charge in [0.15, 0.2) is 0 Å². The summed E-state index contributed by atoms with van der Waals surface area (Å²) in [7, 11) is 1.60. The number of halogens is 1. The molecule has 0 amide bonds. The van der Waals surface area contributed by atoms with Crippen LogP contribution in [0.2, 0.25) is 5.02 Å². The predicted octanol–water partition coefficient (Wildman–Crippen LogP) is 4.51. The van der Waals surface area contributed by atoms with E-state index in [0.717, 1.165) is 28.3 Å². The molecule has 6 nitrogen and oxygen atoms in total. The highest BCUT2D eigenvalue weighted by molar-refractivity contribution is 6.31. The van der Waals surface area contributed by atoms with Crippen molar-refractivity contribution in [3.8, 4) is 5.75 Å². The van der Waals surface area contributed by atoms with Crippen LogP contribution in [0.1, 0.15) is 16.8 Å². The molecule has 0 fully saturated rings. The van der Waals surface area contributed by atoms with Crippen molar-refractivity contribution in [2.75, 3.05) is 17.7 Å². The molecule has 0 atom stereocenters. The number of aromatic nitrogens is 3. The van der Waals surface area contributed by atoms with Gasteiger partial charge in [0, 0.05) is 41.8 Å². The predicted molar refractivity (Wildman–Crippen MR) is 104 cm³/mol. The summed E-state index contributed by atoms with van der Waals surface area (Å²) in [6, 6.07) is 9.50. The molecular weight excluding hydrogens is 350 g/mol. The van der Waals surface area contributed by atoms with Gasteiger partial charge in [0.05, 0.1) is 12.8 Å². The minimum atomic E-state index is 0.485. The third-order valence-electron chi connectivity index (χ3n) is 3.78. The van der Waals surface area contributed by atoms with E-state index >= 15 is 0 Å². The number of nitrogens with zero attached hydrogens (tertiary/aromatic N) is 3. The van der Waals surface area contributed by atoms with Gasteiger partial charge < -0.3 is 15.4 Å². The van der Waals surface area contributed by atoms with Crippen LogP contribution in [-0.2, 0) is 6.54 Å². The van der Waals surface area contributed by atoms with E-state index in [1.54, 1.807) is 19.4 Å². The van der Waals surface area contributed by atoms with Gasteiger partial charge in [0.25, 0.3) is 0 Å². The first-order chi connectivity index (χ1) is 12.5. The monoisotopic (exact) mass is 369 g/mol. The van der Waals surface area contributed by atoms with Crippen LogP contribution in [-0.4, -0.2) is 22.1 Å². The fourth-order valence-corrected chi connectivity index (χ4v) is 2.61. The Bertz CT molecular complexity index is 902. The molecule has 0 aliphatic carbocycles. The fraction of sp³-hybridized carbons (Fsp3) is 0.211. The molecule has 0 aliphatic heterocycles. The molecule has 3 aromatic rings. The van der Waals surface area contributed by atoms with Crippen LogP contribution >= 0.6 is 11.6 Å². The molecule has 0 bridgehead atoms. The van der Waals surface area contributed by atoms with Gasteiger partial charge in [0.2, 0.25) is 5.95 Å². The summed E-state index contributed by atoms with van der Waals surface area (Å²) < 4.78 is 5.39. The zero-order chi connectivity index (χ0) is 18.5. The van der Waals surface area contributed by atoms with Crippen molar-refractivity contribution in [1.82, 2.24) is 15.0 Å². The van der Waals surface area contributed by atoms with Crippen molar-refractivity contribution < 1.29 is 4.74 Å². The second-order valence-corrected chi connectivity index (χ2v) is 6.27. The molecule has 134 valence electrons. The maximum Gasteiger partial charge on any atom is 0.229 e. The summed E-state index contributed by atoms with van der Waals surface area (Å²) >= 11 is 6.16. The Morgan fingerprint density at radius 1 is 1.15 bits per heavy atom. The zero-order valence-corrected chi connectivity index (χ0v) is 15.6. The Morgan fingerprint density at radius 3 is 2.73 bits per heavy atom. The number of benzene rings is 1. The van der Waals surface area contributed by atoms with Crippen LogP contribution in [0.5, 0.6) is 5.75 Å². The summed E-state index contributed by atoms with van der Waals surface area (Å²) in [5.41, 5.74) is 3.63. The number of ether oxygens (including phenoxy) is 1. The highest BCUT2D eigenvalue weighted by atomic mass is 35.5. The quantitative estimate of drug-likeness (QED) is 0.666. The lowest BCUT2D eigenvalue weighted by Gasteiger charge is -2.13. The third-order valence-corrected chi connectivity index (χ3v) is 4.19. The molecule has 0 saturated carbocycles. The first kappa shape index (κ1) is 17.9. The van der Waals surface area contributed by atoms with Crippen molar-refractivity contribution in [3.05, 3.63) is 64.6 Å². The van der Waals surface area contributed by atoms with Gasteiger partial charge in [-0.2, -0.15) is 4.98 Å². The van der Waals surface area contributed by atoms with Gasteiger partial charge in [-0.05, 0) is 37.1 Å². The summed E-state index contributed by atoms with van der Waals surface area (Å²) in [5, 5.41) is 7.16. The second-order valence-electron chi connectivity index (χ2n) is 5.86. The molecule has 26 heavy (non-hydrogen) atoms. The van der Waals surface area contributed by atoms with E-state index in [1.165, 1.54) is 0 Å². The molecular formula is C19H20ClN5O. The maximum absolute atomic E-state index is 6.16. The molecule has 0 aliphatic rings. The van der Waals surface area contributed by atoms with Gasteiger partial charge in [-0.1, -0.05) is 17.7 Å². The largest absolute Gasteiger partial charge is 0.495 e. The topological polar surface area (TPSA) is 72.0 Å². The lowest BCUT2D eigenvalue weighted by Crippen LogP contribution is -2.06. The number of hydrogen-bond acceptors (Lipinski definition) is 6. The van der Waals surface area contributed by atoms with E-state index in [2.05, 4.69) is 25.6 Å². The SMILES string of the molecule is COc1cc(Cl)c(C)cc1Nc1nc(C)cc(NCc2cccnc2)n1. The number of methoxy groups -OCH3 is 1. The van der Waals surface area contributed by atoms with Gasteiger partial charge in [0.1, 0.15) is 11.6 Å². The molecule has 3 rings (SSSR count). The molecule has 2 N–H and O–H groups in total. The van der Waals surface area contributed by atoms with Crippen LogP contribution in [0.15, 0.2) is 42.7 Å². The number of anilines is 3. The van der Waals surface area contributed by atoms with Crippen LogP contribution in [0.3, 0.4) is 0 Å². The Morgan fingerprint density at radius 2 is 2.00 bits per heavy atom. The molecule has 0 spiro atoms. The Labute approximate surface area is 157 Å². The number of rotatable bonds is 6. The standard InChI is InChI=1S/C19H20ClN5O/c1-12-7-16(17(26-3)9-15(12)20)24-19-23-13(2)8-18(25-19)22-11-14-5-4-6-21-10-14/h4-10H,11H2,1-3H3,(H2,22,23,24,25). The van der Waals surface area contributed by atoms with E-state index in [0.29, 0.717) is 23.3 Å². The molecule has 0 radical (unpaired) electrons. The molecule has 2 aromatic heterocycles. The Hall–Kier alpha value is -2.86. The highest BCUT2D eigenvalue weighted by Gasteiger charge is 2.10. The van der Waals surface area contributed by atoms with E-state index < -0.39 is 0 Å². The molecule has 0 unspecified atom stereocenters. The van der Waals surface area contributed by atoms with Crippen LogP contribution in [0.4, 0.5) is 17.5 Å².